The van der Waals surface area contributed by atoms with Crippen LogP contribution in [0.3, 0.4) is 0 Å². The minimum absolute atomic E-state index is 0.0608. The van der Waals surface area contributed by atoms with Crippen LogP contribution in [0, 0.1) is 0 Å². The molecule has 1 aromatic carbocycles. The lowest BCUT2D eigenvalue weighted by molar-refractivity contribution is -0.141. The van der Waals surface area contributed by atoms with E-state index in [9.17, 15) is 9.59 Å². The third-order valence-electron chi connectivity index (χ3n) is 2.17. The van der Waals surface area contributed by atoms with Crippen molar-refractivity contribution in [3.05, 3.63) is 30.2 Å². The van der Waals surface area contributed by atoms with Crippen molar-refractivity contribution in [1.29, 1.82) is 0 Å². The van der Waals surface area contributed by atoms with E-state index in [0.29, 0.717) is 11.5 Å². The van der Waals surface area contributed by atoms with E-state index in [2.05, 4.69) is 0 Å². The van der Waals surface area contributed by atoms with Crippen LogP contribution < -0.4 is 14.2 Å². The van der Waals surface area contributed by atoms with E-state index < -0.39 is 11.9 Å². The standard InChI is InChI=1S/C13H12O6/c1-3-16-13(15)12-7-17-10-5-4-9(18-8(2)14)6-11(10)19-12/h4-7H,3H2,1-2H3. The van der Waals surface area contributed by atoms with Crippen molar-refractivity contribution in [2.75, 3.05) is 6.61 Å². The van der Waals surface area contributed by atoms with Crippen LogP contribution in [0.25, 0.3) is 0 Å². The van der Waals surface area contributed by atoms with Gasteiger partial charge in [-0.05, 0) is 19.1 Å². The van der Waals surface area contributed by atoms with Gasteiger partial charge in [0, 0.05) is 13.0 Å². The SMILES string of the molecule is CCOC(=O)C1=COc2ccc(OC(C)=O)cc2O1. The summed E-state index contributed by atoms with van der Waals surface area (Å²) in [5.74, 6) is -0.119. The van der Waals surface area contributed by atoms with Gasteiger partial charge in [-0.2, -0.15) is 0 Å². The second-order valence-electron chi connectivity index (χ2n) is 3.62. The molecule has 0 unspecified atom stereocenters. The van der Waals surface area contributed by atoms with Crippen LogP contribution in [0.4, 0.5) is 0 Å². The Morgan fingerprint density at radius 2 is 2.05 bits per heavy atom. The highest BCUT2D eigenvalue weighted by Crippen LogP contribution is 2.35. The van der Waals surface area contributed by atoms with E-state index in [1.165, 1.54) is 19.3 Å². The first-order valence-corrected chi connectivity index (χ1v) is 5.64. The molecule has 19 heavy (non-hydrogen) atoms. The fourth-order valence-electron chi connectivity index (χ4n) is 1.45. The lowest BCUT2D eigenvalue weighted by Gasteiger charge is -2.17. The van der Waals surface area contributed by atoms with Crippen LogP contribution >= 0.6 is 0 Å². The molecule has 1 aromatic rings. The predicted molar refractivity (Wildman–Crippen MR) is 63.7 cm³/mol. The highest BCUT2D eigenvalue weighted by Gasteiger charge is 2.21. The van der Waals surface area contributed by atoms with Crippen molar-refractivity contribution < 1.29 is 28.5 Å². The Kier molecular flexibility index (Phi) is 3.70. The molecule has 0 saturated carbocycles. The molecule has 0 spiro atoms. The predicted octanol–water partition coefficient (Wildman–Crippen LogP) is 1.79. The molecule has 2 rings (SSSR count). The van der Waals surface area contributed by atoms with Crippen LogP contribution in [0.15, 0.2) is 30.2 Å². The average molecular weight is 264 g/mol. The molecule has 0 radical (unpaired) electrons. The minimum atomic E-state index is -0.619. The third-order valence-corrected chi connectivity index (χ3v) is 2.17. The molecule has 0 atom stereocenters. The molecule has 0 aliphatic carbocycles. The zero-order chi connectivity index (χ0) is 13.8. The average Bonchev–Trinajstić information content (AvgIpc) is 2.37. The van der Waals surface area contributed by atoms with Crippen LogP contribution in [0.5, 0.6) is 17.2 Å². The summed E-state index contributed by atoms with van der Waals surface area (Å²) in [6.45, 7) is 3.22. The minimum Gasteiger partial charge on any atom is -0.460 e. The Morgan fingerprint density at radius 3 is 2.74 bits per heavy atom. The number of carbonyl (C=O) groups excluding carboxylic acids is 2. The summed E-state index contributed by atoms with van der Waals surface area (Å²) in [4.78, 5) is 22.3. The number of benzene rings is 1. The van der Waals surface area contributed by atoms with Gasteiger partial charge in [-0.1, -0.05) is 0 Å². The summed E-state index contributed by atoms with van der Waals surface area (Å²) in [5, 5.41) is 0. The van der Waals surface area contributed by atoms with Gasteiger partial charge in [0.05, 0.1) is 6.61 Å². The van der Waals surface area contributed by atoms with Crippen molar-refractivity contribution in [1.82, 2.24) is 0 Å². The van der Waals surface area contributed by atoms with E-state index in [1.807, 2.05) is 0 Å². The van der Waals surface area contributed by atoms with Gasteiger partial charge in [0.25, 0.3) is 0 Å². The first-order valence-electron chi connectivity index (χ1n) is 5.64. The first kappa shape index (κ1) is 12.9. The normalized spacial score (nSPS) is 12.4. The van der Waals surface area contributed by atoms with Gasteiger partial charge in [-0.25, -0.2) is 4.79 Å². The molecule has 1 heterocycles. The zero-order valence-corrected chi connectivity index (χ0v) is 10.5. The van der Waals surface area contributed by atoms with Crippen molar-refractivity contribution in [2.24, 2.45) is 0 Å². The summed E-state index contributed by atoms with van der Waals surface area (Å²) in [7, 11) is 0. The van der Waals surface area contributed by atoms with Gasteiger partial charge in [0.1, 0.15) is 12.0 Å². The maximum atomic E-state index is 11.5. The number of hydrogen-bond donors (Lipinski definition) is 0. The number of ether oxygens (including phenoxy) is 4. The lowest BCUT2D eigenvalue weighted by Crippen LogP contribution is -2.16. The summed E-state index contributed by atoms with van der Waals surface area (Å²) >= 11 is 0. The van der Waals surface area contributed by atoms with Gasteiger partial charge >= 0.3 is 11.9 Å². The third kappa shape index (κ3) is 3.04. The van der Waals surface area contributed by atoms with Crippen LogP contribution in [-0.4, -0.2) is 18.5 Å². The van der Waals surface area contributed by atoms with E-state index >= 15 is 0 Å². The van der Waals surface area contributed by atoms with Crippen molar-refractivity contribution in [2.45, 2.75) is 13.8 Å². The molecular weight excluding hydrogens is 252 g/mol. The van der Waals surface area contributed by atoms with Crippen LogP contribution in [0.2, 0.25) is 0 Å². The van der Waals surface area contributed by atoms with Gasteiger partial charge in [-0.3, -0.25) is 4.79 Å². The van der Waals surface area contributed by atoms with Crippen LogP contribution in [0.1, 0.15) is 13.8 Å². The Labute approximate surface area is 109 Å². The molecule has 0 saturated heterocycles. The Hall–Kier alpha value is -2.50. The molecule has 0 fully saturated rings. The Bertz CT molecular complexity index is 546. The van der Waals surface area contributed by atoms with E-state index in [4.69, 9.17) is 18.9 Å². The smallest absolute Gasteiger partial charge is 0.377 e. The maximum absolute atomic E-state index is 11.5. The second kappa shape index (κ2) is 5.43. The quantitative estimate of drug-likeness (QED) is 0.612. The molecule has 0 amide bonds. The molecule has 6 nitrogen and oxygen atoms in total. The Morgan fingerprint density at radius 1 is 1.26 bits per heavy atom. The van der Waals surface area contributed by atoms with E-state index in [0.717, 1.165) is 0 Å². The van der Waals surface area contributed by atoms with Crippen molar-refractivity contribution >= 4 is 11.9 Å². The topological polar surface area (TPSA) is 71.1 Å². The number of carbonyl (C=O) groups is 2. The number of hydrogen-bond acceptors (Lipinski definition) is 6. The number of fused-ring (bicyclic) bond motifs is 1. The lowest BCUT2D eigenvalue weighted by atomic mass is 10.3. The molecule has 6 heteroatoms. The largest absolute Gasteiger partial charge is 0.460 e. The maximum Gasteiger partial charge on any atom is 0.377 e. The number of rotatable bonds is 3. The zero-order valence-electron chi connectivity index (χ0n) is 10.5. The highest BCUT2D eigenvalue weighted by molar-refractivity contribution is 5.87. The summed E-state index contributed by atoms with van der Waals surface area (Å²) in [6, 6.07) is 4.60. The van der Waals surface area contributed by atoms with Crippen LogP contribution in [-0.2, 0) is 14.3 Å². The summed E-state index contributed by atoms with van der Waals surface area (Å²) in [6.07, 6.45) is 1.17. The fourth-order valence-corrected chi connectivity index (χ4v) is 1.45. The molecular formula is C13H12O6. The second-order valence-corrected chi connectivity index (χ2v) is 3.62. The summed E-state index contributed by atoms with van der Waals surface area (Å²) < 4.78 is 20.3. The molecule has 0 N–H and O–H groups in total. The first-order chi connectivity index (χ1) is 9.10. The summed E-state index contributed by atoms with van der Waals surface area (Å²) in [5.41, 5.74) is 0. The van der Waals surface area contributed by atoms with Gasteiger partial charge < -0.3 is 18.9 Å². The van der Waals surface area contributed by atoms with Gasteiger partial charge in [0.2, 0.25) is 5.76 Å². The molecule has 0 bridgehead atoms. The monoisotopic (exact) mass is 264 g/mol. The van der Waals surface area contributed by atoms with E-state index in [-0.39, 0.29) is 18.1 Å². The number of esters is 2. The van der Waals surface area contributed by atoms with Crippen molar-refractivity contribution in [3.8, 4) is 17.2 Å². The fraction of sp³-hybridized carbons (Fsp3) is 0.231. The van der Waals surface area contributed by atoms with E-state index in [1.54, 1.807) is 19.1 Å². The Balaban J connectivity index is 2.17. The van der Waals surface area contributed by atoms with Crippen molar-refractivity contribution in [3.63, 3.8) is 0 Å². The molecule has 100 valence electrons. The van der Waals surface area contributed by atoms with Gasteiger partial charge in [0.15, 0.2) is 11.5 Å². The highest BCUT2D eigenvalue weighted by atomic mass is 16.6. The molecule has 0 aromatic heterocycles. The molecule has 1 aliphatic heterocycles. The van der Waals surface area contributed by atoms with Gasteiger partial charge in [-0.15, -0.1) is 0 Å². The molecule has 1 aliphatic rings.